The summed E-state index contributed by atoms with van der Waals surface area (Å²) in [4.78, 5) is 28.2. The van der Waals surface area contributed by atoms with E-state index in [2.05, 4.69) is 0 Å². The zero-order valence-electron chi connectivity index (χ0n) is 13.8. The molecule has 1 saturated heterocycles. The normalized spacial score (nSPS) is 22.3. The molecule has 2 heterocycles. The lowest BCUT2D eigenvalue weighted by molar-refractivity contribution is -0.137. The van der Waals surface area contributed by atoms with Crippen LogP contribution in [-0.2, 0) is 19.4 Å². The van der Waals surface area contributed by atoms with Crippen LogP contribution in [0.15, 0.2) is 6.07 Å². The third kappa shape index (κ3) is 3.80. The van der Waals surface area contributed by atoms with Crippen molar-refractivity contribution in [1.29, 1.82) is 0 Å². The first-order valence-corrected chi connectivity index (χ1v) is 10.7. The Morgan fingerprint density at radius 2 is 1.96 bits per heavy atom. The lowest BCUT2D eigenvalue weighted by atomic mass is 10.2. The Morgan fingerprint density at radius 1 is 1.25 bits per heavy atom. The van der Waals surface area contributed by atoms with Gasteiger partial charge < -0.3 is 9.64 Å². The van der Waals surface area contributed by atoms with Gasteiger partial charge in [0.25, 0.3) is 5.91 Å². The minimum absolute atomic E-state index is 0.0199. The van der Waals surface area contributed by atoms with Crippen molar-refractivity contribution >= 4 is 33.1 Å². The van der Waals surface area contributed by atoms with Crippen molar-refractivity contribution in [2.75, 3.05) is 18.1 Å². The highest BCUT2D eigenvalue weighted by atomic mass is 32.2. The molecule has 1 aliphatic heterocycles. The number of carbonyl (C=O) groups is 2. The molecule has 1 saturated carbocycles. The number of hydrogen-bond acceptors (Lipinski definition) is 6. The highest BCUT2D eigenvalue weighted by molar-refractivity contribution is 7.91. The number of ether oxygens (including phenoxy) is 1. The number of esters is 1. The minimum Gasteiger partial charge on any atom is -0.452 e. The predicted molar refractivity (Wildman–Crippen MR) is 91.0 cm³/mol. The number of carbonyl (C=O) groups excluding carboxylic acids is 2. The summed E-state index contributed by atoms with van der Waals surface area (Å²) < 4.78 is 28.5. The fourth-order valence-corrected chi connectivity index (χ4v) is 5.79. The number of sulfone groups is 1. The van der Waals surface area contributed by atoms with Gasteiger partial charge >= 0.3 is 5.97 Å². The molecule has 1 aromatic rings. The lowest BCUT2D eigenvalue weighted by Crippen LogP contribution is -2.44. The standard InChI is InChI=1S/C16H21NO5S2/c1-10-7-14(11(2)23-10)16(19)22-8-15(18)17(12-3-4-12)13-5-6-24(20,21)9-13/h7,12-13H,3-6,8-9H2,1-2H3/t13-/m1/s1. The zero-order chi connectivity index (χ0) is 17.5. The summed E-state index contributed by atoms with van der Waals surface area (Å²) in [5.74, 6) is -0.648. The van der Waals surface area contributed by atoms with E-state index in [1.807, 2.05) is 13.8 Å². The molecule has 24 heavy (non-hydrogen) atoms. The van der Waals surface area contributed by atoms with Gasteiger partial charge in [-0.25, -0.2) is 13.2 Å². The number of aryl methyl sites for hydroxylation is 2. The average Bonchev–Trinajstić information content (AvgIpc) is 3.17. The van der Waals surface area contributed by atoms with Crippen LogP contribution in [0.1, 0.15) is 39.4 Å². The van der Waals surface area contributed by atoms with E-state index in [9.17, 15) is 18.0 Å². The second-order valence-corrected chi connectivity index (χ2v) is 10.2. The van der Waals surface area contributed by atoms with Crippen molar-refractivity contribution < 1.29 is 22.7 Å². The molecular formula is C16H21NO5S2. The monoisotopic (exact) mass is 371 g/mol. The van der Waals surface area contributed by atoms with Crippen LogP contribution in [-0.4, -0.2) is 55.4 Å². The van der Waals surface area contributed by atoms with Crippen molar-refractivity contribution in [2.24, 2.45) is 0 Å². The van der Waals surface area contributed by atoms with Crippen LogP contribution >= 0.6 is 11.3 Å². The van der Waals surface area contributed by atoms with E-state index in [0.717, 1.165) is 22.6 Å². The molecule has 1 aromatic heterocycles. The maximum Gasteiger partial charge on any atom is 0.339 e. The summed E-state index contributed by atoms with van der Waals surface area (Å²) in [5, 5.41) is 0. The van der Waals surface area contributed by atoms with Crippen molar-refractivity contribution in [2.45, 2.75) is 45.2 Å². The molecule has 1 atom stereocenters. The van der Waals surface area contributed by atoms with Gasteiger partial charge in [0.05, 0.1) is 17.1 Å². The maximum absolute atomic E-state index is 12.5. The van der Waals surface area contributed by atoms with Crippen LogP contribution < -0.4 is 0 Å². The van der Waals surface area contributed by atoms with E-state index in [1.54, 1.807) is 11.0 Å². The van der Waals surface area contributed by atoms with Gasteiger partial charge in [0.2, 0.25) is 0 Å². The van der Waals surface area contributed by atoms with Gasteiger partial charge in [0.1, 0.15) is 0 Å². The van der Waals surface area contributed by atoms with E-state index in [4.69, 9.17) is 4.74 Å². The number of thiophene rings is 1. The lowest BCUT2D eigenvalue weighted by Gasteiger charge is -2.28. The van der Waals surface area contributed by atoms with Crippen molar-refractivity contribution in [3.63, 3.8) is 0 Å². The fraction of sp³-hybridized carbons (Fsp3) is 0.625. The minimum atomic E-state index is -3.06. The Hall–Kier alpha value is -1.41. The van der Waals surface area contributed by atoms with Crippen LogP contribution in [0, 0.1) is 13.8 Å². The first-order chi connectivity index (χ1) is 11.3. The molecule has 0 spiro atoms. The zero-order valence-corrected chi connectivity index (χ0v) is 15.4. The molecule has 0 unspecified atom stereocenters. The second-order valence-electron chi connectivity index (χ2n) is 6.49. The van der Waals surface area contributed by atoms with Gasteiger partial charge in [-0.15, -0.1) is 11.3 Å². The molecule has 0 bridgehead atoms. The molecule has 8 heteroatoms. The predicted octanol–water partition coefficient (Wildman–Crippen LogP) is 1.70. The highest BCUT2D eigenvalue weighted by Crippen LogP contribution is 2.32. The van der Waals surface area contributed by atoms with Gasteiger partial charge in [0.15, 0.2) is 16.4 Å². The fourth-order valence-electron chi connectivity index (χ4n) is 3.17. The van der Waals surface area contributed by atoms with Gasteiger partial charge in [-0.2, -0.15) is 0 Å². The van der Waals surface area contributed by atoms with Crippen LogP contribution in [0.4, 0.5) is 0 Å². The SMILES string of the molecule is Cc1cc(C(=O)OCC(=O)N(C2CC2)[C@@H]2CCS(=O)(=O)C2)c(C)s1. The van der Waals surface area contributed by atoms with Gasteiger partial charge in [-0.3, -0.25) is 4.79 Å². The molecule has 1 amide bonds. The van der Waals surface area contributed by atoms with E-state index in [0.29, 0.717) is 12.0 Å². The average molecular weight is 371 g/mol. The van der Waals surface area contributed by atoms with Crippen molar-refractivity contribution in [1.82, 2.24) is 4.90 Å². The molecule has 2 fully saturated rings. The molecular weight excluding hydrogens is 350 g/mol. The molecule has 6 nitrogen and oxygen atoms in total. The van der Waals surface area contributed by atoms with Gasteiger partial charge in [-0.05, 0) is 39.2 Å². The summed E-state index contributed by atoms with van der Waals surface area (Å²) in [6, 6.07) is 1.58. The molecule has 0 radical (unpaired) electrons. The summed E-state index contributed by atoms with van der Waals surface area (Å²) in [6.07, 6.45) is 2.25. The largest absolute Gasteiger partial charge is 0.452 e. The Kier molecular flexibility index (Phi) is 4.70. The number of hydrogen-bond donors (Lipinski definition) is 0. The summed E-state index contributed by atoms with van der Waals surface area (Å²) in [6.45, 7) is 3.42. The number of nitrogens with zero attached hydrogens (tertiary/aromatic N) is 1. The van der Waals surface area contributed by atoms with E-state index >= 15 is 0 Å². The maximum atomic E-state index is 12.5. The molecule has 2 aliphatic rings. The molecule has 1 aliphatic carbocycles. The molecule has 3 rings (SSSR count). The third-order valence-corrected chi connectivity index (χ3v) is 7.13. The van der Waals surface area contributed by atoms with Crippen LogP contribution in [0.3, 0.4) is 0 Å². The van der Waals surface area contributed by atoms with Crippen LogP contribution in [0.25, 0.3) is 0 Å². The smallest absolute Gasteiger partial charge is 0.339 e. The Balaban J connectivity index is 1.62. The summed E-state index contributed by atoms with van der Waals surface area (Å²) in [7, 11) is -3.06. The Labute approximate surface area is 145 Å². The van der Waals surface area contributed by atoms with Crippen molar-refractivity contribution in [3.8, 4) is 0 Å². The van der Waals surface area contributed by atoms with Crippen LogP contribution in [0.2, 0.25) is 0 Å². The Bertz CT molecular complexity index is 763. The summed E-state index contributed by atoms with van der Waals surface area (Å²) in [5.41, 5.74) is 0.492. The van der Waals surface area contributed by atoms with E-state index in [-0.39, 0.29) is 36.1 Å². The van der Waals surface area contributed by atoms with Gasteiger partial charge in [-0.1, -0.05) is 0 Å². The highest BCUT2D eigenvalue weighted by Gasteiger charge is 2.42. The molecule has 0 aromatic carbocycles. The van der Waals surface area contributed by atoms with Crippen LogP contribution in [0.5, 0.6) is 0 Å². The van der Waals surface area contributed by atoms with E-state index < -0.39 is 15.8 Å². The van der Waals surface area contributed by atoms with Crippen molar-refractivity contribution in [3.05, 3.63) is 21.4 Å². The first kappa shape index (κ1) is 17.4. The Morgan fingerprint density at radius 3 is 2.46 bits per heavy atom. The molecule has 132 valence electrons. The first-order valence-electron chi connectivity index (χ1n) is 8.02. The number of amides is 1. The topological polar surface area (TPSA) is 80.8 Å². The number of rotatable bonds is 5. The van der Waals surface area contributed by atoms with Gasteiger partial charge in [0, 0.05) is 21.8 Å². The second kappa shape index (κ2) is 6.48. The quantitative estimate of drug-likeness (QED) is 0.736. The molecule has 0 N–H and O–H groups in total. The summed E-state index contributed by atoms with van der Waals surface area (Å²) >= 11 is 1.51. The van der Waals surface area contributed by atoms with E-state index in [1.165, 1.54) is 11.3 Å². The third-order valence-electron chi connectivity index (χ3n) is 4.42.